The number of hydrogen-bond donors (Lipinski definition) is 0. The Labute approximate surface area is 138 Å². The number of carbonyl (C=O) groups excluding carboxylic acids is 1. The van der Waals surface area contributed by atoms with Crippen molar-refractivity contribution >= 4 is 31.7 Å². The highest BCUT2D eigenvalue weighted by Crippen LogP contribution is 2.31. The van der Waals surface area contributed by atoms with Gasteiger partial charge in [0.15, 0.2) is 9.84 Å². The van der Waals surface area contributed by atoms with Crippen LogP contribution < -0.4 is 0 Å². The van der Waals surface area contributed by atoms with Crippen LogP contribution in [0.2, 0.25) is 0 Å². The van der Waals surface area contributed by atoms with Crippen LogP contribution in [0, 0.1) is 5.82 Å². The van der Waals surface area contributed by atoms with Gasteiger partial charge in [-0.15, -0.1) is 0 Å². The number of amides is 1. The molecule has 0 fully saturated rings. The van der Waals surface area contributed by atoms with Crippen LogP contribution in [-0.4, -0.2) is 31.0 Å². The van der Waals surface area contributed by atoms with Crippen molar-refractivity contribution in [2.24, 2.45) is 0 Å². The molecule has 0 saturated heterocycles. The van der Waals surface area contributed by atoms with Crippen molar-refractivity contribution in [2.75, 3.05) is 5.75 Å². The fraction of sp³-hybridized carbons (Fsp3) is 0.400. The Morgan fingerprint density at radius 3 is 2.86 bits per heavy atom. The molecule has 1 heterocycles. The van der Waals surface area contributed by atoms with Crippen molar-refractivity contribution in [3.05, 3.63) is 45.5 Å². The number of sulfone groups is 1. The first-order chi connectivity index (χ1) is 10.2. The highest BCUT2D eigenvalue weighted by Gasteiger charge is 2.29. The van der Waals surface area contributed by atoms with Gasteiger partial charge in [-0.1, -0.05) is 12.6 Å². The zero-order valence-corrected chi connectivity index (χ0v) is 14.6. The van der Waals surface area contributed by atoms with Gasteiger partial charge < -0.3 is 4.90 Å². The summed E-state index contributed by atoms with van der Waals surface area (Å²) in [5.74, 6) is -0.870. The molecule has 1 amide bonds. The third-order valence-corrected chi connectivity index (χ3v) is 5.98. The first kappa shape index (κ1) is 17.1. The molecule has 4 nitrogen and oxygen atoms in total. The lowest BCUT2D eigenvalue weighted by molar-refractivity contribution is -0.133. The van der Waals surface area contributed by atoms with Gasteiger partial charge in [0, 0.05) is 24.4 Å². The summed E-state index contributed by atoms with van der Waals surface area (Å²) in [6.07, 6.45) is 0.523. The van der Waals surface area contributed by atoms with Gasteiger partial charge in [-0.25, -0.2) is 12.8 Å². The highest BCUT2D eigenvalue weighted by atomic mass is 79.9. The molecule has 1 aromatic rings. The van der Waals surface area contributed by atoms with Crippen molar-refractivity contribution < 1.29 is 17.6 Å². The molecule has 1 atom stereocenters. The van der Waals surface area contributed by atoms with E-state index in [1.165, 1.54) is 6.07 Å². The van der Waals surface area contributed by atoms with Crippen LogP contribution in [0.25, 0.3) is 0 Å². The maximum absolute atomic E-state index is 13.6. The highest BCUT2D eigenvalue weighted by molar-refractivity contribution is 9.10. The van der Waals surface area contributed by atoms with Crippen LogP contribution in [0.1, 0.15) is 24.5 Å². The summed E-state index contributed by atoms with van der Waals surface area (Å²) in [4.78, 5) is 13.9. The Balaban J connectivity index is 2.17. The fourth-order valence-electron chi connectivity index (χ4n) is 2.54. The van der Waals surface area contributed by atoms with E-state index in [1.54, 1.807) is 11.0 Å². The standard InChI is InChI=1S/C15H17BrFNO3S/c1-3-22(20,21)7-6-14(19)18-9-12-11(8-10(18)2)4-5-13(17)15(12)16/h3-5,10H,1,6-9H2,2H3. The van der Waals surface area contributed by atoms with Gasteiger partial charge in [0.25, 0.3) is 0 Å². The summed E-state index contributed by atoms with van der Waals surface area (Å²) in [5.41, 5.74) is 1.75. The first-order valence-corrected chi connectivity index (χ1v) is 9.36. The quantitative estimate of drug-likeness (QED) is 0.795. The predicted octanol–water partition coefficient (Wildman–Crippen LogP) is 2.81. The summed E-state index contributed by atoms with van der Waals surface area (Å²) in [5, 5.41) is 0.862. The smallest absolute Gasteiger partial charge is 0.224 e. The Bertz CT molecular complexity index is 718. The number of nitrogens with zero attached hydrogens (tertiary/aromatic N) is 1. The average Bonchev–Trinajstić information content (AvgIpc) is 2.48. The molecule has 120 valence electrons. The van der Waals surface area contributed by atoms with Crippen molar-refractivity contribution in [3.63, 3.8) is 0 Å². The Morgan fingerprint density at radius 2 is 2.23 bits per heavy atom. The van der Waals surface area contributed by atoms with E-state index in [0.717, 1.165) is 16.5 Å². The lowest BCUT2D eigenvalue weighted by atomic mass is 9.94. The topological polar surface area (TPSA) is 54.5 Å². The Morgan fingerprint density at radius 1 is 1.55 bits per heavy atom. The predicted molar refractivity (Wildman–Crippen MR) is 86.4 cm³/mol. The minimum absolute atomic E-state index is 0.0520. The average molecular weight is 390 g/mol. The minimum atomic E-state index is -3.40. The van der Waals surface area contributed by atoms with Crippen molar-refractivity contribution in [1.82, 2.24) is 4.90 Å². The van der Waals surface area contributed by atoms with E-state index in [1.807, 2.05) is 6.92 Å². The van der Waals surface area contributed by atoms with Gasteiger partial charge in [-0.05, 0) is 46.5 Å². The van der Waals surface area contributed by atoms with Crippen molar-refractivity contribution in [3.8, 4) is 0 Å². The van der Waals surface area contributed by atoms with Crippen LogP contribution in [0.5, 0.6) is 0 Å². The number of halogens is 2. The largest absolute Gasteiger partial charge is 0.335 e. The second kappa shape index (κ2) is 6.50. The van der Waals surface area contributed by atoms with E-state index in [4.69, 9.17) is 0 Å². The van der Waals surface area contributed by atoms with Crippen LogP contribution in [-0.2, 0) is 27.6 Å². The van der Waals surface area contributed by atoms with Gasteiger partial charge in [0.1, 0.15) is 5.82 Å². The monoisotopic (exact) mass is 389 g/mol. The number of fused-ring (bicyclic) bond motifs is 1. The zero-order chi connectivity index (χ0) is 16.5. The molecule has 0 aromatic heterocycles. The number of hydrogen-bond acceptors (Lipinski definition) is 3. The molecule has 0 N–H and O–H groups in total. The molecule has 1 unspecified atom stereocenters. The van der Waals surface area contributed by atoms with E-state index >= 15 is 0 Å². The molecule has 2 rings (SSSR count). The summed E-state index contributed by atoms with van der Waals surface area (Å²) < 4.78 is 36.8. The maximum atomic E-state index is 13.6. The van der Waals surface area contributed by atoms with Crippen LogP contribution >= 0.6 is 15.9 Å². The van der Waals surface area contributed by atoms with Gasteiger partial charge in [-0.3, -0.25) is 4.79 Å². The molecular formula is C15H17BrFNO3S. The van der Waals surface area contributed by atoms with Gasteiger partial charge >= 0.3 is 0 Å². The van der Waals surface area contributed by atoms with Crippen LogP contribution in [0.15, 0.2) is 28.6 Å². The molecule has 0 radical (unpaired) electrons. The van der Waals surface area contributed by atoms with Crippen LogP contribution in [0.4, 0.5) is 4.39 Å². The molecular weight excluding hydrogens is 373 g/mol. The second-order valence-corrected chi connectivity index (χ2v) is 8.22. The van der Waals surface area contributed by atoms with E-state index < -0.39 is 9.84 Å². The Hall–Kier alpha value is -1.21. The summed E-state index contributed by atoms with van der Waals surface area (Å²) in [6.45, 7) is 5.41. The Kier molecular flexibility index (Phi) is 5.07. The fourth-order valence-corrected chi connectivity index (χ4v) is 3.68. The van der Waals surface area contributed by atoms with E-state index in [9.17, 15) is 17.6 Å². The van der Waals surface area contributed by atoms with E-state index in [0.29, 0.717) is 10.9 Å². The molecule has 1 aromatic carbocycles. The summed E-state index contributed by atoms with van der Waals surface area (Å²) >= 11 is 3.22. The molecule has 1 aliphatic heterocycles. The second-order valence-electron chi connectivity index (χ2n) is 5.36. The SMILES string of the molecule is C=CS(=O)(=O)CCC(=O)N1Cc2c(ccc(F)c2Br)CC1C. The number of benzene rings is 1. The normalized spacial score (nSPS) is 18.0. The van der Waals surface area contributed by atoms with Gasteiger partial charge in [-0.2, -0.15) is 0 Å². The third kappa shape index (κ3) is 3.57. The maximum Gasteiger partial charge on any atom is 0.224 e. The molecule has 0 bridgehead atoms. The van der Waals surface area contributed by atoms with E-state index in [2.05, 4.69) is 22.5 Å². The van der Waals surface area contributed by atoms with Gasteiger partial charge in [0.2, 0.25) is 5.91 Å². The zero-order valence-electron chi connectivity index (χ0n) is 12.2. The molecule has 22 heavy (non-hydrogen) atoms. The van der Waals surface area contributed by atoms with Crippen LogP contribution in [0.3, 0.4) is 0 Å². The summed E-state index contributed by atoms with van der Waals surface area (Å²) in [6, 6.07) is 3.09. The third-order valence-electron chi connectivity index (χ3n) is 3.84. The number of rotatable bonds is 4. The first-order valence-electron chi connectivity index (χ1n) is 6.85. The summed E-state index contributed by atoms with van der Waals surface area (Å²) in [7, 11) is -3.40. The van der Waals surface area contributed by atoms with Crippen molar-refractivity contribution in [2.45, 2.75) is 32.4 Å². The molecule has 7 heteroatoms. The molecule has 0 spiro atoms. The van der Waals surface area contributed by atoms with E-state index in [-0.39, 0.29) is 36.5 Å². The van der Waals surface area contributed by atoms with Gasteiger partial charge in [0.05, 0.1) is 10.2 Å². The molecule has 0 aliphatic carbocycles. The lowest BCUT2D eigenvalue weighted by Crippen LogP contribution is -2.43. The lowest BCUT2D eigenvalue weighted by Gasteiger charge is -2.35. The molecule has 0 saturated carbocycles. The minimum Gasteiger partial charge on any atom is -0.335 e. The molecule has 1 aliphatic rings. The van der Waals surface area contributed by atoms with Crippen molar-refractivity contribution in [1.29, 1.82) is 0 Å². The number of carbonyl (C=O) groups is 1.